The number of hydrazine groups is 1. The molecule has 0 bridgehead atoms. The van der Waals surface area contributed by atoms with Crippen LogP contribution in [0.4, 0.5) is 18.9 Å². The predicted octanol–water partition coefficient (Wildman–Crippen LogP) is 3.31. The lowest BCUT2D eigenvalue weighted by atomic mass is 10.1. The van der Waals surface area contributed by atoms with Crippen LogP contribution in [0.5, 0.6) is 0 Å². The molecule has 1 atom stereocenters. The van der Waals surface area contributed by atoms with E-state index < -0.39 is 51.0 Å². The maximum atomic E-state index is 13.7. The number of anilines is 1. The molecule has 3 N–H and O–H groups in total. The zero-order valence-corrected chi connectivity index (χ0v) is 17.2. The first kappa shape index (κ1) is 22.2. The number of nitrogens with one attached hydrogen (secondary N) is 3. The van der Waals surface area contributed by atoms with E-state index in [1.54, 1.807) is 13.8 Å². The van der Waals surface area contributed by atoms with Crippen molar-refractivity contribution in [2.45, 2.75) is 24.8 Å². The minimum atomic E-state index is -4.01. The highest BCUT2D eigenvalue weighted by Gasteiger charge is 2.28. The highest BCUT2D eigenvalue weighted by atomic mass is 79.9. The second kappa shape index (κ2) is 8.93. The molecule has 0 aliphatic carbocycles. The number of amides is 1. The number of sulfonamides is 1. The summed E-state index contributed by atoms with van der Waals surface area (Å²) < 4.78 is 67.8. The number of halogens is 4. The number of rotatable bonds is 7. The Bertz CT molecular complexity index is 970. The number of carbonyl (C=O) groups excluding carboxylic acids is 1. The van der Waals surface area contributed by atoms with Crippen LogP contribution in [0.3, 0.4) is 0 Å². The lowest BCUT2D eigenvalue weighted by Gasteiger charge is -2.22. The fraction of sp³-hybridized carbons (Fsp3) is 0.235. The van der Waals surface area contributed by atoms with Gasteiger partial charge in [0.15, 0.2) is 17.5 Å². The van der Waals surface area contributed by atoms with E-state index in [0.29, 0.717) is 10.5 Å². The maximum absolute atomic E-state index is 13.7. The Balaban J connectivity index is 2.14. The van der Waals surface area contributed by atoms with Crippen molar-refractivity contribution in [3.63, 3.8) is 0 Å². The van der Waals surface area contributed by atoms with Gasteiger partial charge < -0.3 is 0 Å². The smallest absolute Gasteiger partial charge is 0.256 e. The molecular formula is C17H17BrF3N3O3S. The molecule has 0 aliphatic heterocycles. The van der Waals surface area contributed by atoms with Crippen LogP contribution in [0.15, 0.2) is 45.8 Å². The van der Waals surface area contributed by atoms with Gasteiger partial charge in [-0.15, -0.1) is 0 Å². The minimum Gasteiger partial charge on any atom is -0.295 e. The molecule has 152 valence electrons. The summed E-state index contributed by atoms with van der Waals surface area (Å²) >= 11 is 3.20. The first-order valence-electron chi connectivity index (χ1n) is 8.00. The second-order valence-corrected chi connectivity index (χ2v) is 8.76. The Labute approximate surface area is 168 Å². The van der Waals surface area contributed by atoms with Gasteiger partial charge in [0.05, 0.1) is 10.6 Å². The van der Waals surface area contributed by atoms with E-state index in [4.69, 9.17) is 0 Å². The largest absolute Gasteiger partial charge is 0.295 e. The van der Waals surface area contributed by atoms with Crippen LogP contribution in [0.2, 0.25) is 0 Å². The summed E-state index contributed by atoms with van der Waals surface area (Å²) in [6, 6.07) is 6.15. The molecular weight excluding hydrogens is 463 g/mol. The van der Waals surface area contributed by atoms with Gasteiger partial charge in [-0.25, -0.2) is 21.6 Å². The van der Waals surface area contributed by atoms with Crippen LogP contribution in [-0.2, 0) is 14.8 Å². The van der Waals surface area contributed by atoms with Crippen LogP contribution in [-0.4, -0.2) is 20.4 Å². The van der Waals surface area contributed by atoms with E-state index in [0.717, 1.165) is 6.07 Å². The molecule has 1 amide bonds. The highest BCUT2D eigenvalue weighted by Crippen LogP contribution is 2.19. The van der Waals surface area contributed by atoms with E-state index >= 15 is 0 Å². The van der Waals surface area contributed by atoms with E-state index in [2.05, 4.69) is 31.5 Å². The van der Waals surface area contributed by atoms with Crippen molar-refractivity contribution in [3.05, 3.63) is 58.3 Å². The van der Waals surface area contributed by atoms with Crippen LogP contribution >= 0.6 is 15.9 Å². The van der Waals surface area contributed by atoms with E-state index in [1.807, 2.05) is 0 Å². The van der Waals surface area contributed by atoms with Crippen molar-refractivity contribution in [2.24, 2.45) is 5.92 Å². The number of carbonyl (C=O) groups is 1. The molecule has 0 unspecified atom stereocenters. The van der Waals surface area contributed by atoms with Crippen LogP contribution in [0.1, 0.15) is 13.8 Å². The van der Waals surface area contributed by atoms with Crippen LogP contribution < -0.4 is 15.6 Å². The maximum Gasteiger partial charge on any atom is 0.256 e. The van der Waals surface area contributed by atoms with Gasteiger partial charge in [0, 0.05) is 4.47 Å². The van der Waals surface area contributed by atoms with E-state index in [9.17, 15) is 26.4 Å². The van der Waals surface area contributed by atoms with Crippen molar-refractivity contribution >= 4 is 37.5 Å². The lowest BCUT2D eigenvalue weighted by Crippen LogP contribution is -2.51. The van der Waals surface area contributed by atoms with Crippen molar-refractivity contribution in [1.82, 2.24) is 10.1 Å². The molecule has 0 radical (unpaired) electrons. The first-order valence-corrected chi connectivity index (χ1v) is 10.3. The van der Waals surface area contributed by atoms with Crippen LogP contribution in [0.25, 0.3) is 0 Å². The van der Waals surface area contributed by atoms with Gasteiger partial charge in [-0.2, -0.15) is 4.72 Å². The Morgan fingerprint density at radius 2 is 1.61 bits per heavy atom. The molecule has 2 aromatic carbocycles. The van der Waals surface area contributed by atoms with Crippen molar-refractivity contribution < 1.29 is 26.4 Å². The molecule has 0 saturated heterocycles. The zero-order valence-electron chi connectivity index (χ0n) is 14.8. The average Bonchev–Trinajstić information content (AvgIpc) is 2.63. The average molecular weight is 480 g/mol. The normalized spacial score (nSPS) is 12.7. The van der Waals surface area contributed by atoms with Gasteiger partial charge in [0.25, 0.3) is 5.91 Å². The molecule has 0 spiro atoms. The van der Waals surface area contributed by atoms with Gasteiger partial charge >= 0.3 is 0 Å². The minimum absolute atomic E-state index is 0.0474. The SMILES string of the molecule is CC(C)[C@H](NS(=O)(=O)c1ccc(Br)cc1)C(=O)NNc1ccc(F)c(F)c1F. The molecule has 0 heterocycles. The third kappa shape index (κ3) is 5.24. The number of benzene rings is 2. The third-order valence-corrected chi connectivity index (χ3v) is 5.70. The third-order valence-electron chi connectivity index (χ3n) is 3.71. The van der Waals surface area contributed by atoms with Gasteiger partial charge in [0.2, 0.25) is 10.0 Å². The number of hydrogen-bond acceptors (Lipinski definition) is 4. The predicted molar refractivity (Wildman–Crippen MR) is 101 cm³/mol. The molecule has 6 nitrogen and oxygen atoms in total. The zero-order chi connectivity index (χ0) is 21.1. The molecule has 2 aromatic rings. The van der Waals surface area contributed by atoms with E-state index in [-0.39, 0.29) is 4.90 Å². The summed E-state index contributed by atoms with van der Waals surface area (Å²) in [6.07, 6.45) is 0. The molecule has 0 aromatic heterocycles. The van der Waals surface area contributed by atoms with Gasteiger partial charge in [-0.1, -0.05) is 29.8 Å². The molecule has 0 saturated carbocycles. The topological polar surface area (TPSA) is 87.3 Å². The summed E-state index contributed by atoms with van der Waals surface area (Å²) in [5.74, 6) is -5.90. The lowest BCUT2D eigenvalue weighted by molar-refractivity contribution is -0.123. The molecule has 11 heteroatoms. The van der Waals surface area contributed by atoms with Crippen molar-refractivity contribution in [3.8, 4) is 0 Å². The molecule has 0 aliphatic rings. The molecule has 2 rings (SSSR count). The fourth-order valence-corrected chi connectivity index (χ4v) is 3.78. The Morgan fingerprint density at radius 3 is 2.18 bits per heavy atom. The summed E-state index contributed by atoms with van der Waals surface area (Å²) in [7, 11) is -4.01. The summed E-state index contributed by atoms with van der Waals surface area (Å²) in [6.45, 7) is 3.21. The highest BCUT2D eigenvalue weighted by molar-refractivity contribution is 9.10. The second-order valence-electron chi connectivity index (χ2n) is 6.13. The monoisotopic (exact) mass is 479 g/mol. The summed E-state index contributed by atoms with van der Waals surface area (Å²) in [4.78, 5) is 12.3. The van der Waals surface area contributed by atoms with Gasteiger partial charge in [-0.05, 0) is 42.3 Å². The first-order chi connectivity index (χ1) is 13.0. The Morgan fingerprint density at radius 1 is 1.00 bits per heavy atom. The van der Waals surface area contributed by atoms with Crippen molar-refractivity contribution in [2.75, 3.05) is 5.43 Å². The van der Waals surface area contributed by atoms with Gasteiger partial charge in [0.1, 0.15) is 6.04 Å². The summed E-state index contributed by atoms with van der Waals surface area (Å²) in [5.41, 5.74) is 3.72. The number of hydrogen-bond donors (Lipinski definition) is 3. The molecule has 0 fully saturated rings. The van der Waals surface area contributed by atoms with Gasteiger partial charge in [-0.3, -0.25) is 15.6 Å². The Kier molecular flexibility index (Phi) is 7.07. The fourth-order valence-electron chi connectivity index (χ4n) is 2.17. The van der Waals surface area contributed by atoms with E-state index in [1.165, 1.54) is 24.3 Å². The standard InChI is InChI=1S/C17H17BrF3N3O3S/c1-9(2)16(24-28(26,27)11-5-3-10(18)4-6-11)17(25)23-22-13-8-7-12(19)14(20)15(13)21/h3-9,16,22,24H,1-2H3,(H,23,25)/t16-/m0/s1. The quantitative estimate of drug-likeness (QED) is 0.419. The summed E-state index contributed by atoms with van der Waals surface area (Å²) in [5, 5.41) is 0. The Hall–Kier alpha value is -2.11. The molecule has 28 heavy (non-hydrogen) atoms. The van der Waals surface area contributed by atoms with Crippen molar-refractivity contribution in [1.29, 1.82) is 0 Å². The van der Waals surface area contributed by atoms with Crippen LogP contribution in [0, 0.1) is 23.4 Å².